The maximum Gasteiger partial charge on any atom is 0.416 e. The van der Waals surface area contributed by atoms with E-state index in [-0.39, 0.29) is 11.4 Å². The summed E-state index contributed by atoms with van der Waals surface area (Å²) >= 11 is 0. The Kier molecular flexibility index (Phi) is 5.00. The first-order valence-corrected chi connectivity index (χ1v) is 6.10. The molecule has 1 rings (SSSR count). The van der Waals surface area contributed by atoms with Crippen molar-refractivity contribution in [3.63, 3.8) is 0 Å². The summed E-state index contributed by atoms with van der Waals surface area (Å²) in [6, 6.07) is 5.97. The molecule has 22 heavy (non-hydrogen) atoms. The predicted octanol–water partition coefficient (Wildman–Crippen LogP) is 3.70. The predicted molar refractivity (Wildman–Crippen MR) is 74.1 cm³/mol. The number of nitrogens with one attached hydrogen (secondary N) is 1. The molecule has 0 spiro atoms. The SMILES string of the molecule is CC(C)(C)Oc1cc(NN=C(C#N)C#N)cc(C(F)(F)F)c1. The van der Waals surface area contributed by atoms with Crippen molar-refractivity contribution in [3.05, 3.63) is 23.8 Å². The van der Waals surface area contributed by atoms with Crippen molar-refractivity contribution in [2.75, 3.05) is 5.43 Å². The molecule has 0 aliphatic rings. The Balaban J connectivity index is 3.22. The number of alkyl halides is 3. The fourth-order valence-electron chi connectivity index (χ4n) is 1.44. The highest BCUT2D eigenvalue weighted by Crippen LogP contribution is 2.35. The Labute approximate surface area is 125 Å². The van der Waals surface area contributed by atoms with Crippen LogP contribution in [0, 0.1) is 22.7 Å². The lowest BCUT2D eigenvalue weighted by Gasteiger charge is -2.22. The number of nitrogens with zero attached hydrogens (tertiary/aromatic N) is 3. The van der Waals surface area contributed by atoms with Crippen molar-refractivity contribution < 1.29 is 17.9 Å². The molecular weight excluding hydrogens is 297 g/mol. The van der Waals surface area contributed by atoms with E-state index in [9.17, 15) is 13.2 Å². The summed E-state index contributed by atoms with van der Waals surface area (Å²) in [4.78, 5) is 0. The van der Waals surface area contributed by atoms with Crippen LogP contribution < -0.4 is 10.2 Å². The van der Waals surface area contributed by atoms with E-state index in [1.54, 1.807) is 20.8 Å². The van der Waals surface area contributed by atoms with Gasteiger partial charge in [-0.15, -0.1) is 0 Å². The lowest BCUT2D eigenvalue weighted by molar-refractivity contribution is -0.137. The molecular formula is C14H13F3N4O. The van der Waals surface area contributed by atoms with Gasteiger partial charge in [-0.1, -0.05) is 0 Å². The lowest BCUT2D eigenvalue weighted by atomic mass is 10.1. The number of halogens is 3. The first kappa shape index (κ1) is 17.3. The summed E-state index contributed by atoms with van der Waals surface area (Å²) in [6.07, 6.45) is -4.56. The standard InChI is InChI=1S/C14H13F3N4O/c1-13(2,3)22-12-5-9(14(15,16)17)4-10(6-12)20-21-11(7-18)8-19/h4-6,20H,1-3H3. The van der Waals surface area contributed by atoms with Crippen LogP contribution in [0.5, 0.6) is 5.75 Å². The Morgan fingerprint density at radius 3 is 2.18 bits per heavy atom. The van der Waals surface area contributed by atoms with Gasteiger partial charge in [-0.05, 0) is 32.9 Å². The zero-order valence-corrected chi connectivity index (χ0v) is 12.1. The second-order valence-corrected chi connectivity index (χ2v) is 5.25. The largest absolute Gasteiger partial charge is 0.488 e. The van der Waals surface area contributed by atoms with Crippen molar-refractivity contribution in [1.29, 1.82) is 10.5 Å². The Hall–Kier alpha value is -2.74. The van der Waals surface area contributed by atoms with Crippen molar-refractivity contribution in [3.8, 4) is 17.9 Å². The molecule has 0 bridgehead atoms. The molecule has 0 aliphatic heterocycles. The molecule has 0 unspecified atom stereocenters. The fraction of sp³-hybridized carbons (Fsp3) is 0.357. The molecule has 0 radical (unpaired) electrons. The Morgan fingerprint density at radius 1 is 1.14 bits per heavy atom. The van der Waals surface area contributed by atoms with E-state index < -0.39 is 23.1 Å². The smallest absolute Gasteiger partial charge is 0.416 e. The van der Waals surface area contributed by atoms with Crippen molar-refractivity contribution in [1.82, 2.24) is 0 Å². The Morgan fingerprint density at radius 2 is 1.73 bits per heavy atom. The molecule has 1 aromatic carbocycles. The van der Waals surface area contributed by atoms with Gasteiger partial charge in [0, 0.05) is 6.07 Å². The van der Waals surface area contributed by atoms with Crippen LogP contribution in [-0.2, 0) is 6.18 Å². The first-order valence-electron chi connectivity index (χ1n) is 6.10. The van der Waals surface area contributed by atoms with Gasteiger partial charge in [0.05, 0.1) is 11.3 Å². The normalized spacial score (nSPS) is 11.1. The molecule has 116 valence electrons. The third-order valence-corrected chi connectivity index (χ3v) is 2.17. The fourth-order valence-corrected chi connectivity index (χ4v) is 1.44. The lowest BCUT2D eigenvalue weighted by Crippen LogP contribution is -2.23. The van der Waals surface area contributed by atoms with Crippen molar-refractivity contribution >= 4 is 11.4 Å². The average Bonchev–Trinajstić information content (AvgIpc) is 2.36. The maximum absolute atomic E-state index is 12.9. The molecule has 0 fully saturated rings. The minimum Gasteiger partial charge on any atom is -0.488 e. The summed E-state index contributed by atoms with van der Waals surface area (Å²) in [6.45, 7) is 5.09. The summed E-state index contributed by atoms with van der Waals surface area (Å²) in [5.41, 5.74) is 0.0862. The zero-order chi connectivity index (χ0) is 17.0. The number of ether oxygens (including phenoxy) is 1. The topological polar surface area (TPSA) is 81.2 Å². The molecule has 0 saturated heterocycles. The van der Waals surface area contributed by atoms with E-state index in [1.807, 2.05) is 0 Å². The van der Waals surface area contributed by atoms with Crippen molar-refractivity contribution in [2.45, 2.75) is 32.5 Å². The molecule has 0 saturated carbocycles. The second kappa shape index (κ2) is 6.35. The zero-order valence-electron chi connectivity index (χ0n) is 12.1. The van der Waals surface area contributed by atoms with E-state index in [2.05, 4.69) is 10.5 Å². The van der Waals surface area contributed by atoms with E-state index in [0.29, 0.717) is 0 Å². The minimum atomic E-state index is -4.56. The molecule has 1 N–H and O–H groups in total. The number of hydrazone groups is 1. The van der Waals surface area contributed by atoms with Gasteiger partial charge >= 0.3 is 6.18 Å². The van der Waals surface area contributed by atoms with Gasteiger partial charge in [0.25, 0.3) is 0 Å². The molecule has 0 aliphatic carbocycles. The van der Waals surface area contributed by atoms with Crippen LogP contribution in [0.1, 0.15) is 26.3 Å². The van der Waals surface area contributed by atoms with Crippen molar-refractivity contribution in [2.24, 2.45) is 5.10 Å². The van der Waals surface area contributed by atoms with Crippen LogP contribution in [0.3, 0.4) is 0 Å². The van der Waals surface area contributed by atoms with Crippen LogP contribution in [0.15, 0.2) is 23.3 Å². The number of rotatable bonds is 3. The van der Waals surface area contributed by atoms with Gasteiger partial charge in [0.1, 0.15) is 23.5 Å². The quantitative estimate of drug-likeness (QED) is 0.682. The molecule has 5 nitrogen and oxygen atoms in total. The second-order valence-electron chi connectivity index (χ2n) is 5.25. The summed E-state index contributed by atoms with van der Waals surface area (Å²) in [7, 11) is 0. The van der Waals surface area contributed by atoms with Crippen LogP contribution in [0.4, 0.5) is 18.9 Å². The third kappa shape index (κ3) is 5.33. The molecule has 0 amide bonds. The van der Waals surface area contributed by atoms with Gasteiger partial charge < -0.3 is 4.74 Å². The van der Waals surface area contributed by atoms with Gasteiger partial charge in [-0.25, -0.2) is 0 Å². The van der Waals surface area contributed by atoms with E-state index >= 15 is 0 Å². The number of hydrogen-bond acceptors (Lipinski definition) is 5. The summed E-state index contributed by atoms with van der Waals surface area (Å²) in [5, 5.41) is 20.5. The monoisotopic (exact) mass is 310 g/mol. The molecule has 0 aromatic heterocycles. The maximum atomic E-state index is 12.9. The van der Waals surface area contributed by atoms with Gasteiger partial charge in [0.15, 0.2) is 0 Å². The number of benzene rings is 1. The van der Waals surface area contributed by atoms with E-state index in [0.717, 1.165) is 12.1 Å². The molecule has 0 atom stereocenters. The van der Waals surface area contributed by atoms with Crippen LogP contribution in [-0.4, -0.2) is 11.3 Å². The summed E-state index contributed by atoms with van der Waals surface area (Å²) < 4.78 is 44.1. The number of anilines is 1. The minimum absolute atomic E-state index is 0.00418. The van der Waals surface area contributed by atoms with Gasteiger partial charge in [-0.3, -0.25) is 5.43 Å². The highest BCUT2D eigenvalue weighted by molar-refractivity contribution is 6.10. The van der Waals surface area contributed by atoms with Crippen LogP contribution >= 0.6 is 0 Å². The average molecular weight is 310 g/mol. The number of nitriles is 2. The first-order chi connectivity index (χ1) is 10.0. The van der Waals surface area contributed by atoms with Crippen LogP contribution in [0.25, 0.3) is 0 Å². The highest BCUT2D eigenvalue weighted by Gasteiger charge is 2.32. The van der Waals surface area contributed by atoms with Gasteiger partial charge in [0.2, 0.25) is 5.71 Å². The molecule has 0 heterocycles. The van der Waals surface area contributed by atoms with Crippen LogP contribution in [0.2, 0.25) is 0 Å². The highest BCUT2D eigenvalue weighted by atomic mass is 19.4. The number of hydrogen-bond donors (Lipinski definition) is 1. The summed E-state index contributed by atoms with van der Waals surface area (Å²) in [5.74, 6) is -0.00418. The van der Waals surface area contributed by atoms with E-state index in [1.165, 1.54) is 18.2 Å². The van der Waals surface area contributed by atoms with Gasteiger partial charge in [-0.2, -0.15) is 28.8 Å². The third-order valence-electron chi connectivity index (χ3n) is 2.17. The molecule has 1 aromatic rings. The van der Waals surface area contributed by atoms with E-state index in [4.69, 9.17) is 15.3 Å². The molecule has 8 heteroatoms. The Bertz CT molecular complexity index is 645.